The van der Waals surface area contributed by atoms with E-state index in [2.05, 4.69) is 55.9 Å². The molecular formula is C19H42N3+. The first-order chi connectivity index (χ1) is 10.7. The largest absolute Gasteiger partial charge is 0.350 e. The molecule has 0 heterocycles. The summed E-state index contributed by atoms with van der Waals surface area (Å²) in [5.74, 6) is 1.50. The highest BCUT2D eigenvalue weighted by atomic mass is 15.4. The molecule has 3 heteroatoms. The highest BCUT2D eigenvalue weighted by Crippen LogP contribution is 2.07. The van der Waals surface area contributed by atoms with Gasteiger partial charge in [0.1, 0.15) is 0 Å². The molecule has 0 aromatic carbocycles. The van der Waals surface area contributed by atoms with Crippen molar-refractivity contribution in [1.82, 2.24) is 9.80 Å². The molecule has 0 N–H and O–H groups in total. The summed E-state index contributed by atoms with van der Waals surface area (Å²) in [5.41, 5.74) is 0. The summed E-state index contributed by atoms with van der Waals surface area (Å²) in [7, 11) is 0. The van der Waals surface area contributed by atoms with Gasteiger partial charge in [0, 0.05) is 0 Å². The normalized spacial score (nSPS) is 10.6. The molecule has 0 aliphatic carbocycles. The van der Waals surface area contributed by atoms with Crippen molar-refractivity contribution in [2.24, 2.45) is 0 Å². The summed E-state index contributed by atoms with van der Waals surface area (Å²) in [5, 5.41) is 0. The van der Waals surface area contributed by atoms with Crippen LogP contribution < -0.4 is 0 Å². The molecule has 0 rings (SSSR count). The fraction of sp³-hybridized carbons (Fsp3) is 0.947. The summed E-state index contributed by atoms with van der Waals surface area (Å²) >= 11 is 0. The van der Waals surface area contributed by atoms with Crippen LogP contribution in [-0.4, -0.2) is 59.6 Å². The van der Waals surface area contributed by atoms with Crippen LogP contribution in [0.3, 0.4) is 0 Å². The van der Waals surface area contributed by atoms with Crippen molar-refractivity contribution in [2.45, 2.75) is 80.1 Å². The topological polar surface area (TPSA) is 9.49 Å². The van der Waals surface area contributed by atoms with E-state index in [0.717, 1.165) is 13.1 Å². The van der Waals surface area contributed by atoms with E-state index in [4.69, 9.17) is 0 Å². The van der Waals surface area contributed by atoms with Gasteiger partial charge in [-0.3, -0.25) is 14.4 Å². The summed E-state index contributed by atoms with van der Waals surface area (Å²) in [6, 6.07) is 0. The lowest BCUT2D eigenvalue weighted by Gasteiger charge is -2.30. The van der Waals surface area contributed by atoms with Crippen molar-refractivity contribution < 1.29 is 4.58 Å². The van der Waals surface area contributed by atoms with Crippen LogP contribution in [0.4, 0.5) is 0 Å². The first kappa shape index (κ1) is 21.3. The van der Waals surface area contributed by atoms with Crippen molar-refractivity contribution in [3.8, 4) is 0 Å². The Labute approximate surface area is 140 Å². The van der Waals surface area contributed by atoms with Crippen LogP contribution in [0.1, 0.15) is 80.1 Å². The quantitative estimate of drug-likeness (QED) is 0.300. The predicted molar refractivity (Wildman–Crippen MR) is 99.9 cm³/mol. The van der Waals surface area contributed by atoms with Gasteiger partial charge in [0.15, 0.2) is 0 Å². The van der Waals surface area contributed by atoms with Crippen LogP contribution >= 0.6 is 0 Å². The SMILES string of the molecule is CCCCN(CCCC)C(N(CC)CC)=[N+](CCC)CCC. The predicted octanol–water partition coefficient (Wildman–Crippen LogP) is 4.42. The first-order valence-corrected chi connectivity index (χ1v) is 9.81. The number of rotatable bonds is 12. The average molecular weight is 313 g/mol. The Morgan fingerprint density at radius 1 is 0.636 bits per heavy atom. The van der Waals surface area contributed by atoms with Gasteiger partial charge in [0.2, 0.25) is 0 Å². The minimum atomic E-state index is 1.10. The van der Waals surface area contributed by atoms with Crippen molar-refractivity contribution in [3.05, 3.63) is 0 Å². The number of nitrogens with zero attached hydrogens (tertiary/aromatic N) is 3. The smallest absolute Gasteiger partial charge is 0.265 e. The lowest BCUT2D eigenvalue weighted by molar-refractivity contribution is -0.538. The third-order valence-corrected chi connectivity index (χ3v) is 4.16. The maximum atomic E-state index is 2.67. The van der Waals surface area contributed by atoms with Gasteiger partial charge in [-0.1, -0.05) is 40.5 Å². The molecule has 22 heavy (non-hydrogen) atoms. The van der Waals surface area contributed by atoms with Crippen molar-refractivity contribution in [1.29, 1.82) is 0 Å². The molecule has 0 amide bonds. The van der Waals surface area contributed by atoms with E-state index in [0.29, 0.717) is 0 Å². The molecule has 0 aliphatic rings. The number of unbranched alkanes of at least 4 members (excludes halogenated alkanes) is 2. The molecule has 0 aromatic rings. The van der Waals surface area contributed by atoms with Gasteiger partial charge >= 0.3 is 5.96 Å². The Balaban J connectivity index is 5.54. The summed E-state index contributed by atoms with van der Waals surface area (Å²) in [6.07, 6.45) is 7.58. The Bertz CT molecular complexity index is 266. The second-order valence-corrected chi connectivity index (χ2v) is 6.15. The third-order valence-electron chi connectivity index (χ3n) is 4.16. The van der Waals surface area contributed by atoms with Crippen molar-refractivity contribution in [3.63, 3.8) is 0 Å². The molecule has 0 aromatic heterocycles. The maximum Gasteiger partial charge on any atom is 0.350 e. The van der Waals surface area contributed by atoms with E-state index in [1.807, 2.05) is 0 Å². The maximum absolute atomic E-state index is 2.67. The zero-order valence-corrected chi connectivity index (χ0v) is 16.3. The van der Waals surface area contributed by atoms with E-state index in [1.165, 1.54) is 70.7 Å². The van der Waals surface area contributed by atoms with Gasteiger partial charge in [-0.15, -0.1) is 0 Å². The van der Waals surface area contributed by atoms with E-state index in [9.17, 15) is 0 Å². The molecule has 0 saturated carbocycles. The van der Waals surface area contributed by atoms with E-state index >= 15 is 0 Å². The van der Waals surface area contributed by atoms with Crippen molar-refractivity contribution >= 4 is 5.96 Å². The molecule has 0 spiro atoms. The highest BCUT2D eigenvalue weighted by molar-refractivity contribution is 5.75. The fourth-order valence-electron chi connectivity index (χ4n) is 2.97. The molecule has 0 fully saturated rings. The van der Waals surface area contributed by atoms with Gasteiger partial charge < -0.3 is 0 Å². The Morgan fingerprint density at radius 3 is 1.41 bits per heavy atom. The zero-order chi connectivity index (χ0) is 16.8. The first-order valence-electron chi connectivity index (χ1n) is 9.81. The van der Waals surface area contributed by atoms with E-state index < -0.39 is 0 Å². The second kappa shape index (κ2) is 13.9. The molecule has 0 unspecified atom stereocenters. The summed E-state index contributed by atoms with van der Waals surface area (Å²) < 4.78 is 2.64. The van der Waals surface area contributed by atoms with Crippen LogP contribution in [-0.2, 0) is 0 Å². The van der Waals surface area contributed by atoms with Gasteiger partial charge in [0.25, 0.3) is 0 Å². The summed E-state index contributed by atoms with van der Waals surface area (Å²) in [4.78, 5) is 5.24. The Hall–Kier alpha value is -0.730. The van der Waals surface area contributed by atoms with Crippen LogP contribution in [0.25, 0.3) is 0 Å². The molecule has 0 atom stereocenters. The van der Waals surface area contributed by atoms with Gasteiger partial charge in [-0.2, -0.15) is 0 Å². The molecular weight excluding hydrogens is 270 g/mol. The minimum Gasteiger partial charge on any atom is -0.265 e. The molecule has 0 aliphatic heterocycles. The molecule has 132 valence electrons. The lowest BCUT2D eigenvalue weighted by Crippen LogP contribution is -2.51. The van der Waals surface area contributed by atoms with E-state index in [1.54, 1.807) is 0 Å². The molecule has 0 saturated heterocycles. The lowest BCUT2D eigenvalue weighted by atomic mass is 10.2. The Kier molecular flexibility index (Phi) is 13.4. The second-order valence-electron chi connectivity index (χ2n) is 6.15. The number of hydrogen-bond acceptors (Lipinski definition) is 0. The van der Waals surface area contributed by atoms with Gasteiger partial charge in [0.05, 0.1) is 39.3 Å². The summed E-state index contributed by atoms with van der Waals surface area (Å²) in [6.45, 7) is 20.7. The fourth-order valence-corrected chi connectivity index (χ4v) is 2.97. The van der Waals surface area contributed by atoms with Gasteiger partial charge in [-0.05, 0) is 39.5 Å². The van der Waals surface area contributed by atoms with Crippen LogP contribution in [0, 0.1) is 0 Å². The van der Waals surface area contributed by atoms with Crippen LogP contribution in [0.5, 0.6) is 0 Å². The molecule has 0 radical (unpaired) electrons. The minimum absolute atomic E-state index is 1.10. The van der Waals surface area contributed by atoms with E-state index in [-0.39, 0.29) is 0 Å². The Morgan fingerprint density at radius 2 is 1.09 bits per heavy atom. The number of hydrogen-bond donors (Lipinski definition) is 0. The molecule has 3 nitrogen and oxygen atoms in total. The number of guanidine groups is 1. The third kappa shape index (κ3) is 7.51. The van der Waals surface area contributed by atoms with Crippen LogP contribution in [0.15, 0.2) is 0 Å². The zero-order valence-electron chi connectivity index (χ0n) is 16.3. The van der Waals surface area contributed by atoms with Gasteiger partial charge in [-0.25, -0.2) is 0 Å². The van der Waals surface area contributed by atoms with Crippen molar-refractivity contribution in [2.75, 3.05) is 39.3 Å². The standard InChI is InChI=1S/C19H42N3/c1-7-13-17-22(18-14-8-2)19(20(11-5)12-6)21(15-9-3)16-10-4/h7-18H2,1-6H3/q+1. The molecule has 0 bridgehead atoms. The van der Waals surface area contributed by atoms with Crippen LogP contribution in [0.2, 0.25) is 0 Å². The average Bonchev–Trinajstić information content (AvgIpc) is 2.53. The monoisotopic (exact) mass is 312 g/mol. The highest BCUT2D eigenvalue weighted by Gasteiger charge is 2.26.